The summed E-state index contributed by atoms with van der Waals surface area (Å²) >= 11 is 0. The lowest BCUT2D eigenvalue weighted by atomic mass is 9.91. The van der Waals surface area contributed by atoms with Crippen LogP contribution in [0.25, 0.3) is 11.3 Å². The maximum absolute atomic E-state index is 13.5. The van der Waals surface area contributed by atoms with E-state index in [9.17, 15) is 9.18 Å². The van der Waals surface area contributed by atoms with Crippen LogP contribution in [0.1, 0.15) is 42.5 Å². The van der Waals surface area contributed by atoms with Crippen molar-refractivity contribution in [1.82, 2.24) is 30.4 Å². The van der Waals surface area contributed by atoms with E-state index < -0.39 is 6.04 Å². The van der Waals surface area contributed by atoms with Gasteiger partial charge < -0.3 is 5.32 Å². The van der Waals surface area contributed by atoms with E-state index in [1.54, 1.807) is 16.8 Å². The summed E-state index contributed by atoms with van der Waals surface area (Å²) in [5.74, 6) is 0.406. The normalized spacial score (nSPS) is 14.9. The number of hydrogen-bond donors (Lipinski definition) is 2. The van der Waals surface area contributed by atoms with Gasteiger partial charge >= 0.3 is 0 Å². The van der Waals surface area contributed by atoms with E-state index in [-0.39, 0.29) is 11.4 Å². The van der Waals surface area contributed by atoms with Gasteiger partial charge in [0, 0.05) is 11.1 Å². The summed E-state index contributed by atoms with van der Waals surface area (Å²) in [5, 5.41) is 21.7. The van der Waals surface area contributed by atoms with Crippen LogP contribution in [-0.4, -0.2) is 30.4 Å². The van der Waals surface area contributed by atoms with Gasteiger partial charge in [0.2, 0.25) is 5.95 Å². The number of tetrazole rings is 1. The molecule has 0 amide bonds. The summed E-state index contributed by atoms with van der Waals surface area (Å²) in [5.41, 5.74) is 3.88. The predicted molar refractivity (Wildman–Crippen MR) is 109 cm³/mol. The molecule has 9 heteroatoms. The van der Waals surface area contributed by atoms with Crippen LogP contribution in [0, 0.1) is 5.82 Å². The summed E-state index contributed by atoms with van der Waals surface area (Å²) in [7, 11) is 0. The molecule has 8 nitrogen and oxygen atoms in total. The van der Waals surface area contributed by atoms with E-state index in [0.29, 0.717) is 34.4 Å². The van der Waals surface area contributed by atoms with Gasteiger partial charge in [0.15, 0.2) is 0 Å². The SMILES string of the molecule is CC(C)c1ccc(C2c3c(-c4ccc(F)cc4)n[nH]c(=O)c3Nc3nnnn32)cc1. The second-order valence-corrected chi connectivity index (χ2v) is 7.49. The van der Waals surface area contributed by atoms with Crippen molar-refractivity contribution in [3.8, 4) is 11.3 Å². The van der Waals surface area contributed by atoms with Crippen molar-refractivity contribution in [2.24, 2.45) is 0 Å². The van der Waals surface area contributed by atoms with Gasteiger partial charge in [0.05, 0.1) is 5.69 Å². The molecular weight excluding hydrogens is 385 g/mol. The van der Waals surface area contributed by atoms with E-state index in [4.69, 9.17) is 0 Å². The third-order valence-electron chi connectivity index (χ3n) is 5.30. The van der Waals surface area contributed by atoms with Gasteiger partial charge in [-0.05, 0) is 51.7 Å². The molecule has 2 aromatic carbocycles. The number of benzene rings is 2. The Kier molecular flexibility index (Phi) is 4.16. The lowest BCUT2D eigenvalue weighted by molar-refractivity contribution is 0.567. The molecule has 2 aromatic heterocycles. The number of anilines is 2. The van der Waals surface area contributed by atoms with Crippen molar-refractivity contribution in [2.45, 2.75) is 25.8 Å². The van der Waals surface area contributed by atoms with Gasteiger partial charge in [-0.1, -0.05) is 43.2 Å². The minimum Gasteiger partial charge on any atom is -0.318 e. The summed E-state index contributed by atoms with van der Waals surface area (Å²) in [6, 6.07) is 13.6. The van der Waals surface area contributed by atoms with Crippen LogP contribution in [0.15, 0.2) is 53.3 Å². The summed E-state index contributed by atoms with van der Waals surface area (Å²) in [6.45, 7) is 4.26. The lowest BCUT2D eigenvalue weighted by Gasteiger charge is -2.28. The van der Waals surface area contributed by atoms with Gasteiger partial charge in [0.25, 0.3) is 5.56 Å². The molecule has 1 atom stereocenters. The highest BCUT2D eigenvalue weighted by atomic mass is 19.1. The molecule has 0 radical (unpaired) electrons. The van der Waals surface area contributed by atoms with E-state index in [2.05, 4.69) is 57.0 Å². The molecule has 2 N–H and O–H groups in total. The van der Waals surface area contributed by atoms with Gasteiger partial charge in [-0.25, -0.2) is 9.49 Å². The van der Waals surface area contributed by atoms with E-state index >= 15 is 0 Å². The number of aromatic nitrogens is 6. The molecule has 4 aromatic rings. The fourth-order valence-electron chi connectivity index (χ4n) is 3.74. The average molecular weight is 403 g/mol. The van der Waals surface area contributed by atoms with Gasteiger partial charge in [-0.2, -0.15) is 9.78 Å². The van der Waals surface area contributed by atoms with Crippen molar-refractivity contribution >= 4 is 11.6 Å². The summed E-state index contributed by atoms with van der Waals surface area (Å²) in [4.78, 5) is 12.6. The quantitative estimate of drug-likeness (QED) is 0.479. The number of hydrogen-bond acceptors (Lipinski definition) is 6. The summed E-state index contributed by atoms with van der Waals surface area (Å²) < 4.78 is 15.1. The molecule has 0 fully saturated rings. The molecule has 1 aliphatic heterocycles. The number of fused-ring (bicyclic) bond motifs is 2. The third-order valence-corrected chi connectivity index (χ3v) is 5.30. The molecule has 0 spiro atoms. The Hall–Kier alpha value is -3.88. The fraction of sp³-hybridized carbons (Fsp3) is 0.190. The average Bonchev–Trinajstić information content (AvgIpc) is 3.22. The molecular formula is C21H18FN7O. The van der Waals surface area contributed by atoms with E-state index in [1.165, 1.54) is 17.7 Å². The molecule has 0 saturated carbocycles. The number of nitrogens with zero attached hydrogens (tertiary/aromatic N) is 5. The van der Waals surface area contributed by atoms with E-state index in [0.717, 1.165) is 5.56 Å². The van der Waals surface area contributed by atoms with Crippen molar-refractivity contribution in [2.75, 3.05) is 5.32 Å². The first-order chi connectivity index (χ1) is 14.5. The first kappa shape index (κ1) is 18.2. The van der Waals surface area contributed by atoms with Gasteiger partial charge in [-0.15, -0.1) is 0 Å². The van der Waals surface area contributed by atoms with Gasteiger partial charge in [-0.3, -0.25) is 4.79 Å². The molecule has 0 saturated heterocycles. The Morgan fingerprint density at radius 3 is 2.50 bits per heavy atom. The third kappa shape index (κ3) is 2.86. The maximum atomic E-state index is 13.5. The smallest absolute Gasteiger partial charge is 0.288 e. The maximum Gasteiger partial charge on any atom is 0.288 e. The standard InChI is InChI=1S/C21H18FN7O/c1-11(2)12-3-5-14(6-4-12)19-16-17(13-7-9-15(22)10-8-13)24-25-20(30)18(16)23-21-26-27-28-29(19)21/h3-11,19H,1-2H3,(H,25,30)(H,23,26,28). The molecule has 30 heavy (non-hydrogen) atoms. The number of halogens is 1. The number of aromatic amines is 1. The highest BCUT2D eigenvalue weighted by Gasteiger charge is 2.34. The highest BCUT2D eigenvalue weighted by molar-refractivity contribution is 5.75. The van der Waals surface area contributed by atoms with Crippen LogP contribution in [-0.2, 0) is 0 Å². The monoisotopic (exact) mass is 403 g/mol. The number of H-pyrrole nitrogens is 1. The minimum absolute atomic E-state index is 0.324. The zero-order valence-electron chi connectivity index (χ0n) is 16.3. The molecule has 5 rings (SSSR count). The molecule has 0 aliphatic carbocycles. The largest absolute Gasteiger partial charge is 0.318 e. The zero-order valence-corrected chi connectivity index (χ0v) is 16.3. The molecule has 0 bridgehead atoms. The van der Waals surface area contributed by atoms with Crippen LogP contribution < -0.4 is 10.9 Å². The predicted octanol–water partition coefficient (Wildman–Crippen LogP) is 3.38. The van der Waals surface area contributed by atoms with Gasteiger partial charge in [0.1, 0.15) is 17.5 Å². The Bertz CT molecular complexity index is 1280. The van der Waals surface area contributed by atoms with Crippen LogP contribution >= 0.6 is 0 Å². The first-order valence-electron chi connectivity index (χ1n) is 9.56. The van der Waals surface area contributed by atoms with Crippen LogP contribution in [0.5, 0.6) is 0 Å². The zero-order chi connectivity index (χ0) is 20.8. The van der Waals surface area contributed by atoms with Crippen LogP contribution in [0.4, 0.5) is 16.0 Å². The second kappa shape index (κ2) is 6.87. The Balaban J connectivity index is 1.76. The van der Waals surface area contributed by atoms with Crippen molar-refractivity contribution in [3.05, 3.63) is 81.4 Å². The fourth-order valence-corrected chi connectivity index (χ4v) is 3.74. The second-order valence-electron chi connectivity index (χ2n) is 7.49. The number of rotatable bonds is 3. The molecule has 3 heterocycles. The van der Waals surface area contributed by atoms with Crippen molar-refractivity contribution in [1.29, 1.82) is 0 Å². The number of nitrogens with one attached hydrogen (secondary N) is 2. The van der Waals surface area contributed by atoms with Crippen molar-refractivity contribution < 1.29 is 4.39 Å². The summed E-state index contributed by atoms with van der Waals surface area (Å²) in [6.07, 6.45) is 0. The Labute approximate surface area is 170 Å². The topological polar surface area (TPSA) is 101 Å². The highest BCUT2D eigenvalue weighted by Crippen LogP contribution is 2.41. The van der Waals surface area contributed by atoms with Crippen LogP contribution in [0.3, 0.4) is 0 Å². The molecule has 150 valence electrons. The molecule has 1 unspecified atom stereocenters. The Morgan fingerprint density at radius 2 is 1.80 bits per heavy atom. The van der Waals surface area contributed by atoms with Crippen LogP contribution in [0.2, 0.25) is 0 Å². The molecule has 1 aliphatic rings. The van der Waals surface area contributed by atoms with E-state index in [1.807, 2.05) is 12.1 Å². The minimum atomic E-state index is -0.470. The van der Waals surface area contributed by atoms with Crippen molar-refractivity contribution in [3.63, 3.8) is 0 Å². The lowest BCUT2D eigenvalue weighted by Crippen LogP contribution is -2.29. The Morgan fingerprint density at radius 1 is 1.07 bits per heavy atom. The first-order valence-corrected chi connectivity index (χ1v) is 9.56.